The first-order valence-electron chi connectivity index (χ1n) is 3.58. The maximum absolute atomic E-state index is 4.03. The van der Waals surface area contributed by atoms with Crippen LogP contribution in [-0.2, 0) is 6.54 Å². The summed E-state index contributed by atoms with van der Waals surface area (Å²) in [5.74, 6) is 0. The van der Waals surface area contributed by atoms with Gasteiger partial charge in [-0.15, -0.1) is 11.3 Å². The van der Waals surface area contributed by atoms with Crippen LogP contribution in [-0.4, -0.2) is 9.36 Å². The van der Waals surface area contributed by atoms with Gasteiger partial charge in [-0.2, -0.15) is 4.37 Å². The number of hydrogen-bond donors (Lipinski definition) is 1. The summed E-state index contributed by atoms with van der Waals surface area (Å²) in [5, 5.41) is 6.11. The zero-order chi connectivity index (χ0) is 9.10. The summed E-state index contributed by atoms with van der Waals surface area (Å²) >= 11 is 6.55. The molecule has 0 amide bonds. The van der Waals surface area contributed by atoms with E-state index in [1.807, 2.05) is 6.07 Å². The maximum Gasteiger partial charge on any atom is 0.202 e. The maximum atomic E-state index is 4.03. The molecule has 0 aliphatic rings. The van der Waals surface area contributed by atoms with Gasteiger partial charge in [0.05, 0.1) is 6.54 Å². The summed E-state index contributed by atoms with van der Waals surface area (Å²) in [6, 6.07) is 2.04. The molecule has 0 aliphatic carbocycles. The zero-order valence-corrected chi connectivity index (χ0v) is 9.75. The van der Waals surface area contributed by atoms with Gasteiger partial charge in [-0.1, -0.05) is 0 Å². The average molecular weight is 276 g/mol. The Kier molecular flexibility index (Phi) is 2.92. The van der Waals surface area contributed by atoms with Crippen molar-refractivity contribution in [1.82, 2.24) is 9.36 Å². The van der Waals surface area contributed by atoms with Gasteiger partial charge in [-0.3, -0.25) is 0 Å². The molecule has 0 fully saturated rings. The predicted molar refractivity (Wildman–Crippen MR) is 59.3 cm³/mol. The highest BCUT2D eigenvalue weighted by molar-refractivity contribution is 9.10. The van der Waals surface area contributed by atoms with E-state index in [2.05, 4.69) is 36.0 Å². The van der Waals surface area contributed by atoms with Crippen LogP contribution in [0.2, 0.25) is 0 Å². The monoisotopic (exact) mass is 275 g/mol. The Labute approximate surface area is 92.1 Å². The average Bonchev–Trinajstić information content (AvgIpc) is 2.72. The molecule has 6 heteroatoms. The molecule has 0 radical (unpaired) electrons. The standard InChI is InChI=1S/C7H6BrN3S2/c8-5-1-2-12-6(5)3-9-7-10-4-11-13-7/h1-2,4H,3H2,(H,9,10,11). The van der Waals surface area contributed by atoms with Gasteiger partial charge >= 0.3 is 0 Å². The topological polar surface area (TPSA) is 37.8 Å². The fourth-order valence-corrected chi connectivity index (χ4v) is 2.72. The van der Waals surface area contributed by atoms with Crippen molar-refractivity contribution in [3.05, 3.63) is 27.1 Å². The van der Waals surface area contributed by atoms with Crippen LogP contribution < -0.4 is 5.32 Å². The van der Waals surface area contributed by atoms with E-state index in [0.29, 0.717) is 0 Å². The number of thiophene rings is 1. The van der Waals surface area contributed by atoms with Crippen LogP contribution in [0.4, 0.5) is 5.13 Å². The number of nitrogens with zero attached hydrogens (tertiary/aromatic N) is 2. The van der Waals surface area contributed by atoms with Crippen LogP contribution in [0.3, 0.4) is 0 Å². The highest BCUT2D eigenvalue weighted by atomic mass is 79.9. The van der Waals surface area contributed by atoms with Crippen LogP contribution in [0.15, 0.2) is 22.2 Å². The van der Waals surface area contributed by atoms with Crippen LogP contribution in [0.5, 0.6) is 0 Å². The fraction of sp³-hybridized carbons (Fsp3) is 0.143. The van der Waals surface area contributed by atoms with Gasteiger partial charge in [-0.05, 0) is 27.4 Å². The second kappa shape index (κ2) is 4.17. The summed E-state index contributed by atoms with van der Waals surface area (Å²) in [6.07, 6.45) is 1.55. The summed E-state index contributed by atoms with van der Waals surface area (Å²) < 4.78 is 5.05. The van der Waals surface area contributed by atoms with Gasteiger partial charge in [0.1, 0.15) is 6.33 Å². The first-order chi connectivity index (χ1) is 6.36. The molecule has 0 atom stereocenters. The highest BCUT2D eigenvalue weighted by Crippen LogP contribution is 2.23. The van der Waals surface area contributed by atoms with Gasteiger partial charge < -0.3 is 5.32 Å². The second-order valence-electron chi connectivity index (χ2n) is 2.29. The molecule has 3 nitrogen and oxygen atoms in total. The lowest BCUT2D eigenvalue weighted by Gasteiger charge is -1.98. The lowest BCUT2D eigenvalue weighted by Crippen LogP contribution is -1.96. The van der Waals surface area contributed by atoms with Crippen LogP contribution in [0.25, 0.3) is 0 Å². The molecule has 2 aromatic rings. The molecule has 2 aromatic heterocycles. The van der Waals surface area contributed by atoms with Gasteiger partial charge in [-0.25, -0.2) is 4.98 Å². The van der Waals surface area contributed by atoms with Crippen LogP contribution in [0.1, 0.15) is 4.88 Å². The SMILES string of the molecule is Brc1ccsc1CNc1ncns1. The molecule has 0 spiro atoms. The van der Waals surface area contributed by atoms with E-state index < -0.39 is 0 Å². The molecular formula is C7H6BrN3S2. The van der Waals surface area contributed by atoms with Crippen molar-refractivity contribution in [1.29, 1.82) is 0 Å². The molecule has 2 heterocycles. The third kappa shape index (κ3) is 2.26. The molecule has 0 saturated carbocycles. The molecule has 0 bridgehead atoms. The third-order valence-corrected chi connectivity index (χ3v) is 4.00. The van der Waals surface area contributed by atoms with E-state index in [9.17, 15) is 0 Å². The first-order valence-corrected chi connectivity index (χ1v) is 6.03. The Hall–Kier alpha value is -0.460. The molecule has 68 valence electrons. The van der Waals surface area contributed by atoms with E-state index >= 15 is 0 Å². The minimum atomic E-state index is 0.799. The molecule has 2 rings (SSSR count). The van der Waals surface area contributed by atoms with E-state index in [0.717, 1.165) is 16.1 Å². The molecule has 0 aromatic carbocycles. The van der Waals surface area contributed by atoms with Crippen molar-refractivity contribution >= 4 is 43.9 Å². The lowest BCUT2D eigenvalue weighted by molar-refractivity contribution is 1.16. The smallest absolute Gasteiger partial charge is 0.202 e. The van der Waals surface area contributed by atoms with Crippen molar-refractivity contribution in [3.63, 3.8) is 0 Å². The third-order valence-electron chi connectivity index (χ3n) is 1.45. The predicted octanol–water partition coefficient (Wildman–Crippen LogP) is 2.97. The Bertz CT molecular complexity index is 371. The van der Waals surface area contributed by atoms with Crippen LogP contribution in [0, 0.1) is 0 Å². The Morgan fingerprint density at radius 1 is 1.54 bits per heavy atom. The largest absolute Gasteiger partial charge is 0.355 e. The van der Waals surface area contributed by atoms with Gasteiger partial charge in [0, 0.05) is 20.9 Å². The number of anilines is 1. The summed E-state index contributed by atoms with van der Waals surface area (Å²) in [4.78, 5) is 5.30. The number of halogens is 1. The summed E-state index contributed by atoms with van der Waals surface area (Å²) in [6.45, 7) is 0.799. The number of rotatable bonds is 3. The van der Waals surface area contributed by atoms with Crippen molar-refractivity contribution in [2.75, 3.05) is 5.32 Å². The van der Waals surface area contributed by atoms with E-state index in [1.54, 1.807) is 17.7 Å². The zero-order valence-electron chi connectivity index (χ0n) is 6.53. The number of hydrogen-bond acceptors (Lipinski definition) is 5. The Balaban J connectivity index is 1.97. The summed E-state index contributed by atoms with van der Waals surface area (Å²) in [7, 11) is 0. The number of nitrogens with one attached hydrogen (secondary N) is 1. The first kappa shape index (κ1) is 9.11. The van der Waals surface area contributed by atoms with Crippen molar-refractivity contribution < 1.29 is 0 Å². The van der Waals surface area contributed by atoms with Gasteiger partial charge in [0.15, 0.2) is 0 Å². The van der Waals surface area contributed by atoms with Gasteiger partial charge in [0.25, 0.3) is 0 Å². The minimum absolute atomic E-state index is 0.799. The summed E-state index contributed by atoms with van der Waals surface area (Å²) in [5.41, 5.74) is 0. The normalized spacial score (nSPS) is 10.2. The van der Waals surface area contributed by atoms with Crippen molar-refractivity contribution in [2.24, 2.45) is 0 Å². The highest BCUT2D eigenvalue weighted by Gasteiger charge is 2.01. The molecule has 0 unspecified atom stereocenters. The van der Waals surface area contributed by atoms with E-state index in [-0.39, 0.29) is 0 Å². The molecule has 13 heavy (non-hydrogen) atoms. The Morgan fingerprint density at radius 2 is 2.46 bits per heavy atom. The van der Waals surface area contributed by atoms with Crippen molar-refractivity contribution in [3.8, 4) is 0 Å². The van der Waals surface area contributed by atoms with E-state index in [4.69, 9.17) is 0 Å². The van der Waals surface area contributed by atoms with Gasteiger partial charge in [0.2, 0.25) is 5.13 Å². The fourth-order valence-electron chi connectivity index (χ4n) is 0.858. The molecule has 0 aliphatic heterocycles. The molecular weight excluding hydrogens is 270 g/mol. The molecule has 1 N–H and O–H groups in total. The molecule has 0 saturated heterocycles. The minimum Gasteiger partial charge on any atom is -0.355 e. The second-order valence-corrected chi connectivity index (χ2v) is 4.93. The number of aromatic nitrogens is 2. The Morgan fingerprint density at radius 3 is 3.08 bits per heavy atom. The quantitative estimate of drug-likeness (QED) is 0.936. The van der Waals surface area contributed by atoms with E-state index in [1.165, 1.54) is 16.4 Å². The van der Waals surface area contributed by atoms with Crippen LogP contribution >= 0.6 is 38.8 Å². The van der Waals surface area contributed by atoms with Crippen molar-refractivity contribution in [2.45, 2.75) is 6.54 Å². The lowest BCUT2D eigenvalue weighted by atomic mass is 10.5.